The minimum absolute atomic E-state index is 0.169. The molecule has 20 heavy (non-hydrogen) atoms. The fourth-order valence-electron chi connectivity index (χ4n) is 2.88. The van der Waals surface area contributed by atoms with E-state index in [-0.39, 0.29) is 17.3 Å². The van der Waals surface area contributed by atoms with Crippen LogP contribution >= 0.6 is 0 Å². The third kappa shape index (κ3) is 3.82. The molecule has 2 rings (SSSR count). The summed E-state index contributed by atoms with van der Waals surface area (Å²) in [6.07, 6.45) is 10.4. The van der Waals surface area contributed by atoms with E-state index >= 15 is 0 Å². The number of aromatic nitrogens is 2. The zero-order valence-electron chi connectivity index (χ0n) is 12.3. The Morgan fingerprint density at radius 2 is 2.25 bits per heavy atom. The maximum Gasteiger partial charge on any atom is 0.150 e. The number of rotatable bonds is 5. The molecule has 0 bridgehead atoms. The van der Waals surface area contributed by atoms with Crippen molar-refractivity contribution in [2.24, 2.45) is 5.73 Å². The number of nitrogens with two attached hydrogens (primary N) is 1. The van der Waals surface area contributed by atoms with Crippen LogP contribution < -0.4 is 5.73 Å². The molecule has 0 aliphatic heterocycles. The van der Waals surface area contributed by atoms with Crippen molar-refractivity contribution in [2.75, 3.05) is 6.26 Å². The number of hydrogen-bond donors (Lipinski definition) is 1. The molecule has 0 saturated heterocycles. The van der Waals surface area contributed by atoms with E-state index in [1.165, 1.54) is 6.26 Å². The first-order valence-corrected chi connectivity index (χ1v) is 9.33. The lowest BCUT2D eigenvalue weighted by atomic mass is 9.95. The minimum Gasteiger partial charge on any atom is -0.327 e. The highest BCUT2D eigenvalue weighted by atomic mass is 32.2. The van der Waals surface area contributed by atoms with Crippen LogP contribution in [0, 0.1) is 0 Å². The lowest BCUT2D eigenvalue weighted by Crippen LogP contribution is -2.29. The minimum atomic E-state index is -2.94. The Bertz CT molecular complexity index is 538. The summed E-state index contributed by atoms with van der Waals surface area (Å²) in [4.78, 5) is 0. The van der Waals surface area contributed by atoms with Gasteiger partial charge in [-0.1, -0.05) is 13.3 Å². The van der Waals surface area contributed by atoms with Crippen LogP contribution in [0.4, 0.5) is 0 Å². The van der Waals surface area contributed by atoms with Gasteiger partial charge in [-0.25, -0.2) is 8.42 Å². The average molecular weight is 299 g/mol. The van der Waals surface area contributed by atoms with Crippen molar-refractivity contribution >= 4 is 9.84 Å². The molecule has 3 atom stereocenters. The molecule has 1 fully saturated rings. The van der Waals surface area contributed by atoms with Crippen molar-refractivity contribution < 1.29 is 8.42 Å². The largest absolute Gasteiger partial charge is 0.327 e. The Labute approximate surface area is 121 Å². The van der Waals surface area contributed by atoms with Gasteiger partial charge in [0.05, 0.1) is 17.5 Å². The summed E-state index contributed by atoms with van der Waals surface area (Å²) >= 11 is 0. The molecule has 1 aromatic rings. The second-order valence-corrected chi connectivity index (χ2v) is 8.30. The average Bonchev–Trinajstić information content (AvgIpc) is 2.86. The van der Waals surface area contributed by atoms with E-state index in [1.807, 2.05) is 17.1 Å². The fourth-order valence-corrected chi connectivity index (χ4v) is 4.05. The van der Waals surface area contributed by atoms with Crippen LogP contribution in [0.25, 0.3) is 0 Å². The molecule has 0 amide bonds. The van der Waals surface area contributed by atoms with Crippen LogP contribution in [0.5, 0.6) is 0 Å². The third-order valence-electron chi connectivity index (χ3n) is 4.26. The van der Waals surface area contributed by atoms with Gasteiger partial charge in [-0.05, 0) is 37.7 Å². The summed E-state index contributed by atoms with van der Waals surface area (Å²) in [5, 5.41) is 4.19. The summed E-state index contributed by atoms with van der Waals surface area (Å²) in [7, 11) is -2.94. The van der Waals surface area contributed by atoms with E-state index in [0.29, 0.717) is 6.42 Å². The van der Waals surface area contributed by atoms with E-state index in [2.05, 4.69) is 12.0 Å². The Morgan fingerprint density at radius 3 is 2.90 bits per heavy atom. The first-order valence-electron chi connectivity index (χ1n) is 7.37. The Balaban J connectivity index is 2.04. The van der Waals surface area contributed by atoms with Gasteiger partial charge in [0, 0.05) is 18.5 Å². The quantitative estimate of drug-likeness (QED) is 0.897. The molecule has 0 aromatic carbocycles. The predicted molar refractivity (Wildman–Crippen MR) is 80.3 cm³/mol. The number of sulfone groups is 1. The Hall–Kier alpha value is -0.880. The van der Waals surface area contributed by atoms with Gasteiger partial charge >= 0.3 is 0 Å². The highest BCUT2D eigenvalue weighted by molar-refractivity contribution is 7.91. The molecule has 1 aromatic heterocycles. The van der Waals surface area contributed by atoms with Crippen LogP contribution in [0.2, 0.25) is 0 Å². The molecule has 5 nitrogen and oxygen atoms in total. The Kier molecular flexibility index (Phi) is 4.86. The topological polar surface area (TPSA) is 78.0 Å². The van der Waals surface area contributed by atoms with Crippen LogP contribution in [-0.2, 0) is 16.3 Å². The molecule has 2 N–H and O–H groups in total. The van der Waals surface area contributed by atoms with Crippen molar-refractivity contribution in [1.82, 2.24) is 9.78 Å². The monoisotopic (exact) mass is 299 g/mol. The summed E-state index contributed by atoms with van der Waals surface area (Å²) < 4.78 is 25.4. The second-order valence-electron chi connectivity index (χ2n) is 5.97. The summed E-state index contributed by atoms with van der Waals surface area (Å²) in [6.45, 7) is 2.08. The van der Waals surface area contributed by atoms with E-state index in [1.54, 1.807) is 0 Å². The molecular formula is C14H25N3O2S. The van der Waals surface area contributed by atoms with Gasteiger partial charge in [-0.3, -0.25) is 4.68 Å². The van der Waals surface area contributed by atoms with Gasteiger partial charge < -0.3 is 5.73 Å². The standard InChI is InChI=1S/C14H25N3O2S/c1-3-12(15)7-11-9-16-17(10-11)13-5-4-6-14(8-13)20(2,18)19/h9-10,12-14H,3-8,15H2,1-2H3. The molecular weight excluding hydrogens is 274 g/mol. The lowest BCUT2D eigenvalue weighted by Gasteiger charge is -2.28. The molecule has 1 aliphatic rings. The van der Waals surface area contributed by atoms with Crippen molar-refractivity contribution in [2.45, 2.75) is 62.8 Å². The molecule has 0 radical (unpaired) electrons. The molecule has 1 saturated carbocycles. The Morgan fingerprint density at radius 1 is 1.50 bits per heavy atom. The van der Waals surface area contributed by atoms with Crippen molar-refractivity contribution in [3.63, 3.8) is 0 Å². The highest BCUT2D eigenvalue weighted by Gasteiger charge is 2.30. The molecule has 0 spiro atoms. The normalized spacial score (nSPS) is 25.6. The summed E-state index contributed by atoms with van der Waals surface area (Å²) in [5.74, 6) is 0. The van der Waals surface area contributed by atoms with E-state index in [9.17, 15) is 8.42 Å². The first kappa shape index (κ1) is 15.5. The van der Waals surface area contributed by atoms with E-state index < -0.39 is 9.84 Å². The SMILES string of the molecule is CCC(N)Cc1cnn(C2CCCC(S(C)(=O)=O)C2)c1. The molecule has 1 aliphatic carbocycles. The lowest BCUT2D eigenvalue weighted by molar-refractivity contribution is 0.329. The zero-order chi connectivity index (χ0) is 14.8. The van der Waals surface area contributed by atoms with Gasteiger partial charge in [0.2, 0.25) is 0 Å². The second kappa shape index (κ2) is 6.26. The third-order valence-corrected chi connectivity index (χ3v) is 5.89. The van der Waals surface area contributed by atoms with E-state index in [0.717, 1.165) is 37.7 Å². The van der Waals surface area contributed by atoms with Gasteiger partial charge in [0.15, 0.2) is 0 Å². The maximum atomic E-state index is 11.7. The van der Waals surface area contributed by atoms with Crippen LogP contribution in [-0.4, -0.2) is 35.7 Å². The predicted octanol–water partition coefficient (Wildman–Crippen LogP) is 1.69. The van der Waals surface area contributed by atoms with Crippen molar-refractivity contribution in [3.05, 3.63) is 18.0 Å². The molecule has 3 unspecified atom stereocenters. The summed E-state index contributed by atoms with van der Waals surface area (Å²) in [6, 6.07) is 0.373. The molecule has 1 heterocycles. The van der Waals surface area contributed by atoms with Gasteiger partial charge in [0.1, 0.15) is 9.84 Å². The van der Waals surface area contributed by atoms with Crippen molar-refractivity contribution in [1.29, 1.82) is 0 Å². The fraction of sp³-hybridized carbons (Fsp3) is 0.786. The molecule has 6 heteroatoms. The van der Waals surface area contributed by atoms with Gasteiger partial charge in [-0.15, -0.1) is 0 Å². The number of hydrogen-bond acceptors (Lipinski definition) is 4. The summed E-state index contributed by atoms with van der Waals surface area (Å²) in [5.41, 5.74) is 7.10. The highest BCUT2D eigenvalue weighted by Crippen LogP contribution is 2.31. The van der Waals surface area contributed by atoms with Crippen LogP contribution in [0.1, 0.15) is 50.6 Å². The van der Waals surface area contributed by atoms with Gasteiger partial charge in [0.25, 0.3) is 0 Å². The molecule has 114 valence electrons. The van der Waals surface area contributed by atoms with Crippen LogP contribution in [0.3, 0.4) is 0 Å². The van der Waals surface area contributed by atoms with Crippen LogP contribution in [0.15, 0.2) is 12.4 Å². The van der Waals surface area contributed by atoms with Crippen molar-refractivity contribution in [3.8, 4) is 0 Å². The first-order chi connectivity index (χ1) is 9.40. The number of nitrogens with zero attached hydrogens (tertiary/aromatic N) is 2. The van der Waals surface area contributed by atoms with E-state index in [4.69, 9.17) is 5.73 Å². The van der Waals surface area contributed by atoms with Gasteiger partial charge in [-0.2, -0.15) is 5.10 Å². The maximum absolute atomic E-state index is 11.7. The zero-order valence-corrected chi connectivity index (χ0v) is 13.1. The smallest absolute Gasteiger partial charge is 0.150 e.